The molecule has 4 nitrogen and oxygen atoms in total. The second-order valence-corrected chi connectivity index (χ2v) is 5.98. The average molecular weight is 288 g/mol. The number of Topliss-reactive ketones (excluding diaryl/α,β-unsaturated/α-hetero) is 1. The molecule has 21 heavy (non-hydrogen) atoms. The minimum absolute atomic E-state index is 0.117. The summed E-state index contributed by atoms with van der Waals surface area (Å²) in [7, 11) is 0. The zero-order valence-corrected chi connectivity index (χ0v) is 13.4. The van der Waals surface area contributed by atoms with Crippen LogP contribution in [-0.4, -0.2) is 54.2 Å². The summed E-state index contributed by atoms with van der Waals surface area (Å²) in [6.07, 6.45) is 0. The van der Waals surface area contributed by atoms with Gasteiger partial charge in [-0.2, -0.15) is 0 Å². The van der Waals surface area contributed by atoms with Gasteiger partial charge in [-0.05, 0) is 31.9 Å². The number of carbonyl (C=O) groups excluding carboxylic acids is 2. The van der Waals surface area contributed by atoms with Crippen molar-refractivity contribution in [3.63, 3.8) is 0 Å². The van der Waals surface area contributed by atoms with Crippen LogP contribution >= 0.6 is 0 Å². The number of benzene rings is 1. The number of rotatable bonds is 3. The van der Waals surface area contributed by atoms with Crippen LogP contribution in [0.25, 0.3) is 0 Å². The van der Waals surface area contributed by atoms with E-state index in [1.54, 1.807) is 6.92 Å². The molecule has 1 fully saturated rings. The monoisotopic (exact) mass is 288 g/mol. The van der Waals surface area contributed by atoms with Gasteiger partial charge in [0.15, 0.2) is 5.78 Å². The molecule has 1 aliphatic rings. The van der Waals surface area contributed by atoms with Gasteiger partial charge in [-0.1, -0.05) is 17.7 Å². The fourth-order valence-corrected chi connectivity index (χ4v) is 3.12. The van der Waals surface area contributed by atoms with E-state index in [2.05, 4.69) is 24.0 Å². The second-order valence-electron chi connectivity index (χ2n) is 5.98. The first-order valence-electron chi connectivity index (χ1n) is 7.47. The van der Waals surface area contributed by atoms with Gasteiger partial charge in [-0.15, -0.1) is 0 Å². The van der Waals surface area contributed by atoms with Gasteiger partial charge in [0, 0.05) is 38.7 Å². The van der Waals surface area contributed by atoms with Crippen LogP contribution in [0.5, 0.6) is 0 Å². The third-order valence-corrected chi connectivity index (χ3v) is 4.14. The van der Waals surface area contributed by atoms with Crippen LogP contribution in [0.1, 0.15) is 34.0 Å². The highest BCUT2D eigenvalue weighted by atomic mass is 16.2. The third-order valence-electron chi connectivity index (χ3n) is 4.14. The smallest absolute Gasteiger partial charge is 0.219 e. The van der Waals surface area contributed by atoms with Gasteiger partial charge < -0.3 is 4.90 Å². The van der Waals surface area contributed by atoms with Crippen molar-refractivity contribution in [1.82, 2.24) is 9.80 Å². The van der Waals surface area contributed by atoms with Crippen molar-refractivity contribution in [2.24, 2.45) is 0 Å². The first-order chi connectivity index (χ1) is 9.88. The van der Waals surface area contributed by atoms with E-state index in [1.807, 2.05) is 18.7 Å². The summed E-state index contributed by atoms with van der Waals surface area (Å²) in [6.45, 7) is 11.1. The minimum Gasteiger partial charge on any atom is -0.340 e. The lowest BCUT2D eigenvalue weighted by Gasteiger charge is -2.33. The summed E-state index contributed by atoms with van der Waals surface area (Å²) in [5, 5.41) is 0. The van der Waals surface area contributed by atoms with Crippen molar-refractivity contribution in [1.29, 1.82) is 0 Å². The van der Waals surface area contributed by atoms with E-state index in [0.717, 1.165) is 29.8 Å². The van der Waals surface area contributed by atoms with Crippen molar-refractivity contribution in [3.05, 3.63) is 34.4 Å². The summed E-state index contributed by atoms with van der Waals surface area (Å²) in [4.78, 5) is 27.8. The van der Waals surface area contributed by atoms with Crippen molar-refractivity contribution in [3.8, 4) is 0 Å². The quantitative estimate of drug-likeness (QED) is 0.798. The largest absolute Gasteiger partial charge is 0.340 e. The van der Waals surface area contributed by atoms with E-state index in [0.29, 0.717) is 19.6 Å². The Kier molecular flexibility index (Phi) is 4.78. The van der Waals surface area contributed by atoms with E-state index in [-0.39, 0.29) is 11.7 Å². The van der Waals surface area contributed by atoms with Gasteiger partial charge in [0.25, 0.3) is 0 Å². The lowest BCUT2D eigenvalue weighted by molar-refractivity contribution is -0.130. The Hall–Kier alpha value is -1.68. The lowest BCUT2D eigenvalue weighted by Crippen LogP contribution is -2.49. The molecule has 1 saturated heterocycles. The zero-order chi connectivity index (χ0) is 15.6. The van der Waals surface area contributed by atoms with Crippen LogP contribution in [0, 0.1) is 20.8 Å². The Morgan fingerprint density at radius 1 is 1.00 bits per heavy atom. The molecule has 1 aliphatic heterocycles. The first kappa shape index (κ1) is 15.7. The Morgan fingerprint density at radius 3 is 2.00 bits per heavy atom. The SMILES string of the molecule is CC(=O)N1CCN(CC(=O)c2c(C)cc(C)cc2C)CC1. The normalized spacial score (nSPS) is 16.1. The van der Waals surface area contributed by atoms with Crippen LogP contribution in [-0.2, 0) is 4.79 Å². The van der Waals surface area contributed by atoms with Gasteiger partial charge >= 0.3 is 0 Å². The Morgan fingerprint density at radius 2 is 1.52 bits per heavy atom. The Bertz CT molecular complexity index is 535. The molecule has 114 valence electrons. The van der Waals surface area contributed by atoms with Gasteiger partial charge in [0.2, 0.25) is 5.91 Å². The summed E-state index contributed by atoms with van der Waals surface area (Å²) in [5.41, 5.74) is 4.16. The van der Waals surface area contributed by atoms with Crippen molar-refractivity contribution in [2.75, 3.05) is 32.7 Å². The van der Waals surface area contributed by atoms with Crippen LogP contribution < -0.4 is 0 Å². The topological polar surface area (TPSA) is 40.6 Å². The fraction of sp³-hybridized carbons (Fsp3) is 0.529. The van der Waals surface area contributed by atoms with Crippen molar-refractivity contribution < 1.29 is 9.59 Å². The maximum Gasteiger partial charge on any atom is 0.219 e. The van der Waals surface area contributed by atoms with Crippen LogP contribution in [0.4, 0.5) is 0 Å². The fourth-order valence-electron chi connectivity index (χ4n) is 3.12. The maximum absolute atomic E-state index is 12.6. The molecule has 0 atom stereocenters. The van der Waals surface area contributed by atoms with E-state index < -0.39 is 0 Å². The molecule has 0 N–H and O–H groups in total. The maximum atomic E-state index is 12.6. The van der Waals surface area contributed by atoms with Gasteiger partial charge in [-0.25, -0.2) is 0 Å². The molecule has 1 amide bonds. The molecule has 2 rings (SSSR count). The summed E-state index contributed by atoms with van der Waals surface area (Å²) in [5.74, 6) is 0.299. The van der Waals surface area contributed by atoms with Gasteiger partial charge in [0.05, 0.1) is 6.54 Å². The first-order valence-corrected chi connectivity index (χ1v) is 7.47. The molecule has 4 heteroatoms. The molecule has 0 unspecified atom stereocenters. The van der Waals surface area contributed by atoms with Crippen LogP contribution in [0.15, 0.2) is 12.1 Å². The van der Waals surface area contributed by atoms with Crippen LogP contribution in [0.2, 0.25) is 0 Å². The molecule has 0 aliphatic carbocycles. The molecule has 0 saturated carbocycles. The number of hydrogen-bond acceptors (Lipinski definition) is 3. The Balaban J connectivity index is 2.02. The van der Waals surface area contributed by atoms with E-state index in [1.165, 1.54) is 5.56 Å². The third kappa shape index (κ3) is 3.70. The van der Waals surface area contributed by atoms with Gasteiger partial charge in [0.1, 0.15) is 0 Å². The minimum atomic E-state index is 0.117. The molecule has 1 heterocycles. The highest BCUT2D eigenvalue weighted by Gasteiger charge is 2.22. The molecular weight excluding hydrogens is 264 g/mol. The highest BCUT2D eigenvalue weighted by molar-refractivity contribution is 6.00. The summed E-state index contributed by atoms with van der Waals surface area (Å²) < 4.78 is 0. The molecule has 1 aromatic carbocycles. The van der Waals surface area contributed by atoms with Crippen LogP contribution in [0.3, 0.4) is 0 Å². The molecule has 0 aromatic heterocycles. The number of piperazine rings is 1. The predicted molar refractivity (Wildman–Crippen MR) is 83.7 cm³/mol. The van der Waals surface area contributed by atoms with Gasteiger partial charge in [-0.3, -0.25) is 14.5 Å². The molecule has 0 radical (unpaired) electrons. The van der Waals surface area contributed by atoms with E-state index in [9.17, 15) is 9.59 Å². The number of ketones is 1. The number of aryl methyl sites for hydroxylation is 3. The summed E-state index contributed by atoms with van der Waals surface area (Å²) >= 11 is 0. The lowest BCUT2D eigenvalue weighted by atomic mass is 9.96. The van der Waals surface area contributed by atoms with Crippen molar-refractivity contribution in [2.45, 2.75) is 27.7 Å². The second kappa shape index (κ2) is 6.39. The predicted octanol–water partition coefficient (Wildman–Crippen LogP) is 1.96. The highest BCUT2D eigenvalue weighted by Crippen LogP contribution is 2.17. The average Bonchev–Trinajstić information content (AvgIpc) is 2.37. The number of nitrogens with zero attached hydrogens (tertiary/aromatic N) is 2. The molecule has 0 spiro atoms. The van der Waals surface area contributed by atoms with E-state index in [4.69, 9.17) is 0 Å². The number of carbonyl (C=O) groups is 2. The zero-order valence-electron chi connectivity index (χ0n) is 13.4. The summed E-state index contributed by atoms with van der Waals surface area (Å²) in [6, 6.07) is 4.13. The van der Waals surface area contributed by atoms with Crippen molar-refractivity contribution >= 4 is 11.7 Å². The molecular formula is C17H24N2O2. The number of amides is 1. The Labute approximate surface area is 126 Å². The van der Waals surface area contributed by atoms with E-state index >= 15 is 0 Å². The standard InChI is InChI=1S/C17H24N2O2/c1-12-9-13(2)17(14(3)10-12)16(21)11-18-5-7-19(8-6-18)15(4)20/h9-10H,5-8,11H2,1-4H3. The molecule has 0 bridgehead atoms. The number of hydrogen-bond donors (Lipinski definition) is 0. The molecule has 1 aromatic rings.